The summed E-state index contributed by atoms with van der Waals surface area (Å²) in [6.45, 7) is 0.480. The normalized spacial score (nSPS) is 19.5. The highest BCUT2D eigenvalue weighted by Gasteiger charge is 2.45. The zero-order valence-electron chi connectivity index (χ0n) is 12.3. The van der Waals surface area contributed by atoms with Gasteiger partial charge in [0.05, 0.1) is 18.1 Å². The van der Waals surface area contributed by atoms with Crippen molar-refractivity contribution in [3.05, 3.63) is 64.7 Å². The van der Waals surface area contributed by atoms with Crippen LogP contribution in [0.5, 0.6) is 5.75 Å². The molecule has 0 bridgehead atoms. The van der Waals surface area contributed by atoms with Gasteiger partial charge in [0.25, 0.3) is 0 Å². The van der Waals surface area contributed by atoms with Crippen molar-refractivity contribution in [2.24, 2.45) is 5.92 Å². The fourth-order valence-electron chi connectivity index (χ4n) is 2.58. The zero-order valence-corrected chi connectivity index (χ0v) is 13.0. The van der Waals surface area contributed by atoms with Crippen molar-refractivity contribution in [1.82, 2.24) is 0 Å². The minimum atomic E-state index is -0.148. The number of carbonyl (C=O) groups is 1. The quantitative estimate of drug-likeness (QED) is 0.776. The van der Waals surface area contributed by atoms with Crippen LogP contribution in [0.1, 0.15) is 23.5 Å². The van der Waals surface area contributed by atoms with Gasteiger partial charge in [-0.05, 0) is 35.6 Å². The molecule has 0 heterocycles. The average Bonchev–Trinajstić information content (AvgIpc) is 3.34. The molecule has 3 rings (SSSR count). The molecule has 3 nitrogen and oxygen atoms in total. The van der Waals surface area contributed by atoms with Crippen LogP contribution in [0.25, 0.3) is 0 Å². The maximum absolute atomic E-state index is 11.5. The van der Waals surface area contributed by atoms with E-state index >= 15 is 0 Å². The maximum Gasteiger partial charge on any atom is 0.309 e. The van der Waals surface area contributed by atoms with E-state index in [2.05, 4.69) is 0 Å². The average molecular weight is 317 g/mol. The lowest BCUT2D eigenvalue weighted by Crippen LogP contribution is -2.04. The molecule has 0 spiro atoms. The Hall–Kier alpha value is -2.00. The summed E-state index contributed by atoms with van der Waals surface area (Å²) in [6.07, 6.45) is 0.827. The Morgan fingerprint density at radius 3 is 2.68 bits per heavy atom. The van der Waals surface area contributed by atoms with Gasteiger partial charge >= 0.3 is 5.97 Å². The smallest absolute Gasteiger partial charge is 0.309 e. The van der Waals surface area contributed by atoms with Gasteiger partial charge in [-0.15, -0.1) is 0 Å². The highest BCUT2D eigenvalue weighted by atomic mass is 35.5. The van der Waals surface area contributed by atoms with E-state index in [1.54, 1.807) is 0 Å². The van der Waals surface area contributed by atoms with Crippen molar-refractivity contribution in [1.29, 1.82) is 0 Å². The van der Waals surface area contributed by atoms with E-state index in [0.717, 1.165) is 17.5 Å². The molecule has 0 radical (unpaired) electrons. The van der Waals surface area contributed by atoms with Crippen molar-refractivity contribution in [3.8, 4) is 5.75 Å². The number of halogens is 1. The van der Waals surface area contributed by atoms with E-state index in [0.29, 0.717) is 17.4 Å². The van der Waals surface area contributed by atoms with E-state index in [1.165, 1.54) is 7.11 Å². The van der Waals surface area contributed by atoms with Crippen LogP contribution in [0.3, 0.4) is 0 Å². The van der Waals surface area contributed by atoms with E-state index in [-0.39, 0.29) is 17.8 Å². The predicted molar refractivity (Wildman–Crippen MR) is 85.1 cm³/mol. The fraction of sp³-hybridized carbons (Fsp3) is 0.278. The topological polar surface area (TPSA) is 35.5 Å². The molecular formula is C18H17ClO3. The number of hydrogen-bond donors (Lipinski definition) is 0. The summed E-state index contributed by atoms with van der Waals surface area (Å²) in [5, 5.41) is 0.573. The summed E-state index contributed by atoms with van der Waals surface area (Å²) >= 11 is 6.29. The molecule has 0 saturated heterocycles. The summed E-state index contributed by atoms with van der Waals surface area (Å²) in [7, 11) is 1.42. The molecule has 22 heavy (non-hydrogen) atoms. The number of methoxy groups -OCH3 is 1. The minimum Gasteiger partial charge on any atom is -0.487 e. The van der Waals surface area contributed by atoms with E-state index < -0.39 is 0 Å². The molecule has 0 aromatic heterocycles. The second kappa shape index (κ2) is 6.41. The summed E-state index contributed by atoms with van der Waals surface area (Å²) in [5.74, 6) is 0.695. The van der Waals surface area contributed by atoms with Crippen LogP contribution >= 0.6 is 11.6 Å². The summed E-state index contributed by atoms with van der Waals surface area (Å²) in [6, 6.07) is 15.7. The van der Waals surface area contributed by atoms with Crippen LogP contribution in [0.4, 0.5) is 0 Å². The van der Waals surface area contributed by atoms with Gasteiger partial charge in [0.1, 0.15) is 12.4 Å². The van der Waals surface area contributed by atoms with Crippen LogP contribution < -0.4 is 4.74 Å². The molecule has 1 aliphatic carbocycles. The Balaban J connectivity index is 1.64. The van der Waals surface area contributed by atoms with Gasteiger partial charge in [-0.25, -0.2) is 0 Å². The van der Waals surface area contributed by atoms with Crippen LogP contribution in [0.15, 0.2) is 48.5 Å². The van der Waals surface area contributed by atoms with Crippen LogP contribution in [-0.2, 0) is 16.1 Å². The molecule has 0 aliphatic heterocycles. The summed E-state index contributed by atoms with van der Waals surface area (Å²) in [5.41, 5.74) is 2.16. The fourth-order valence-corrected chi connectivity index (χ4v) is 2.82. The molecule has 2 atom stereocenters. The summed E-state index contributed by atoms with van der Waals surface area (Å²) in [4.78, 5) is 11.5. The molecule has 2 aromatic carbocycles. The SMILES string of the molecule is COC(=O)C1CC1c1ccc(OCc2ccccc2)c(Cl)c1. The zero-order chi connectivity index (χ0) is 15.5. The number of ether oxygens (including phenoxy) is 2. The van der Waals surface area contributed by atoms with E-state index in [1.807, 2.05) is 48.5 Å². The number of hydrogen-bond acceptors (Lipinski definition) is 3. The molecule has 1 saturated carbocycles. The molecule has 0 N–H and O–H groups in total. The van der Waals surface area contributed by atoms with Gasteiger partial charge in [-0.1, -0.05) is 48.0 Å². The molecule has 2 unspecified atom stereocenters. The Morgan fingerprint density at radius 1 is 1.23 bits per heavy atom. The molecule has 1 aliphatic rings. The van der Waals surface area contributed by atoms with Gasteiger partial charge in [-0.2, -0.15) is 0 Å². The lowest BCUT2D eigenvalue weighted by molar-refractivity contribution is -0.142. The number of rotatable bonds is 5. The van der Waals surface area contributed by atoms with Gasteiger partial charge in [0.15, 0.2) is 0 Å². The largest absolute Gasteiger partial charge is 0.487 e. The molecule has 0 amide bonds. The summed E-state index contributed by atoms with van der Waals surface area (Å²) < 4.78 is 10.5. The van der Waals surface area contributed by atoms with Crippen molar-refractivity contribution < 1.29 is 14.3 Å². The molecule has 4 heteroatoms. The van der Waals surface area contributed by atoms with Crippen molar-refractivity contribution in [2.75, 3.05) is 7.11 Å². The Labute approximate surface area is 134 Å². The molecule has 114 valence electrons. The van der Waals surface area contributed by atoms with Crippen molar-refractivity contribution >= 4 is 17.6 Å². The van der Waals surface area contributed by atoms with Crippen molar-refractivity contribution in [3.63, 3.8) is 0 Å². The van der Waals surface area contributed by atoms with Crippen LogP contribution in [0, 0.1) is 5.92 Å². The third-order valence-corrected chi connectivity index (χ3v) is 4.21. The first kappa shape index (κ1) is 14.9. The van der Waals surface area contributed by atoms with Crippen LogP contribution in [0.2, 0.25) is 5.02 Å². The number of carbonyl (C=O) groups excluding carboxylic acids is 1. The van der Waals surface area contributed by atoms with Crippen LogP contribution in [-0.4, -0.2) is 13.1 Å². The van der Waals surface area contributed by atoms with E-state index in [9.17, 15) is 4.79 Å². The number of benzene rings is 2. The highest BCUT2D eigenvalue weighted by Crippen LogP contribution is 2.49. The van der Waals surface area contributed by atoms with E-state index in [4.69, 9.17) is 21.1 Å². The van der Waals surface area contributed by atoms with Crippen molar-refractivity contribution in [2.45, 2.75) is 18.9 Å². The van der Waals surface area contributed by atoms with Gasteiger partial charge in [0.2, 0.25) is 0 Å². The van der Waals surface area contributed by atoms with Gasteiger partial charge in [0, 0.05) is 0 Å². The highest BCUT2D eigenvalue weighted by molar-refractivity contribution is 6.32. The lowest BCUT2D eigenvalue weighted by atomic mass is 10.1. The minimum absolute atomic E-state index is 0.0304. The molecule has 2 aromatic rings. The Kier molecular flexibility index (Phi) is 4.34. The van der Waals surface area contributed by atoms with Gasteiger partial charge in [-0.3, -0.25) is 4.79 Å². The maximum atomic E-state index is 11.5. The first-order valence-corrected chi connectivity index (χ1v) is 7.61. The molecular weight excluding hydrogens is 300 g/mol. The molecule has 1 fully saturated rings. The second-order valence-electron chi connectivity index (χ2n) is 5.44. The third kappa shape index (κ3) is 3.25. The first-order chi connectivity index (χ1) is 10.7. The Morgan fingerprint density at radius 2 is 2.00 bits per heavy atom. The predicted octanol–water partition coefficient (Wildman–Crippen LogP) is 4.20. The lowest BCUT2D eigenvalue weighted by Gasteiger charge is -2.09. The third-order valence-electron chi connectivity index (χ3n) is 3.92. The standard InChI is InChI=1S/C18H17ClO3/c1-21-18(20)15-10-14(15)13-7-8-17(16(19)9-13)22-11-12-5-3-2-4-6-12/h2-9,14-15H,10-11H2,1H3. The first-order valence-electron chi connectivity index (χ1n) is 7.23. The second-order valence-corrected chi connectivity index (χ2v) is 5.84. The van der Waals surface area contributed by atoms with Gasteiger partial charge < -0.3 is 9.47 Å². The Bertz CT molecular complexity index is 669. The monoisotopic (exact) mass is 316 g/mol. The number of esters is 1.